The van der Waals surface area contributed by atoms with Gasteiger partial charge in [-0.25, -0.2) is 4.79 Å². The second-order valence-electron chi connectivity index (χ2n) is 6.65. The number of aryl methyl sites for hydroxylation is 2. The number of phenols is 1. The molecule has 134 valence electrons. The lowest BCUT2D eigenvalue weighted by atomic mass is 10.0. The van der Waals surface area contributed by atoms with Crippen LogP contribution in [0.5, 0.6) is 11.5 Å². The van der Waals surface area contributed by atoms with Crippen molar-refractivity contribution in [1.29, 1.82) is 0 Å². The van der Waals surface area contributed by atoms with Crippen LogP contribution in [0.2, 0.25) is 0 Å². The van der Waals surface area contributed by atoms with Gasteiger partial charge in [-0.3, -0.25) is 0 Å². The Labute approximate surface area is 150 Å². The molecule has 3 aromatic rings. The van der Waals surface area contributed by atoms with E-state index in [1.165, 1.54) is 14.9 Å². The molecule has 1 saturated carbocycles. The zero-order valence-electron chi connectivity index (χ0n) is 14.7. The van der Waals surface area contributed by atoms with Crippen LogP contribution in [0.3, 0.4) is 0 Å². The Morgan fingerprint density at radius 1 is 1.23 bits per heavy atom. The smallest absolute Gasteiger partial charge is 0.368 e. The van der Waals surface area contributed by atoms with E-state index in [-0.39, 0.29) is 11.4 Å². The Hall–Kier alpha value is -3.09. The molecule has 1 aliphatic rings. The minimum absolute atomic E-state index is 0.208. The summed E-state index contributed by atoms with van der Waals surface area (Å²) < 4.78 is 8.54. The van der Waals surface area contributed by atoms with E-state index in [0.717, 1.165) is 24.0 Å². The average molecular weight is 352 g/mol. The summed E-state index contributed by atoms with van der Waals surface area (Å²) in [4.78, 5) is 12.3. The molecule has 2 aromatic carbocycles. The van der Waals surface area contributed by atoms with Gasteiger partial charge in [-0.15, -0.1) is 0 Å². The number of hydrogen-bond acceptors (Lipinski definition) is 5. The van der Waals surface area contributed by atoms with Gasteiger partial charge < -0.3 is 9.84 Å². The Balaban J connectivity index is 1.73. The molecule has 0 amide bonds. The molecule has 0 atom stereocenters. The number of aromatic hydroxyl groups is 1. The van der Waals surface area contributed by atoms with Crippen molar-refractivity contribution in [3.63, 3.8) is 0 Å². The molecule has 1 aliphatic carbocycles. The summed E-state index contributed by atoms with van der Waals surface area (Å²) in [5.41, 5.74) is 3.40. The fourth-order valence-corrected chi connectivity index (χ4v) is 3.13. The summed E-state index contributed by atoms with van der Waals surface area (Å²) in [5, 5.41) is 17.4. The van der Waals surface area contributed by atoms with E-state index in [4.69, 9.17) is 4.74 Å². The highest BCUT2D eigenvalue weighted by Crippen LogP contribution is 2.43. The fourth-order valence-electron chi connectivity index (χ4n) is 3.13. The van der Waals surface area contributed by atoms with Crippen LogP contribution >= 0.6 is 0 Å². The molecular weight excluding hydrogens is 332 g/mol. The monoisotopic (exact) mass is 352 g/mol. The summed E-state index contributed by atoms with van der Waals surface area (Å²) >= 11 is 0. The number of benzene rings is 2. The summed E-state index contributed by atoms with van der Waals surface area (Å²) in [6.07, 6.45) is 2.29. The van der Waals surface area contributed by atoms with Gasteiger partial charge in [0.2, 0.25) is 0 Å². The van der Waals surface area contributed by atoms with Crippen molar-refractivity contribution in [2.24, 2.45) is 7.05 Å². The lowest BCUT2D eigenvalue weighted by molar-refractivity contribution is 0.301. The van der Waals surface area contributed by atoms with E-state index in [0.29, 0.717) is 24.0 Å². The number of ether oxygens (including phenoxy) is 1. The van der Waals surface area contributed by atoms with E-state index in [2.05, 4.69) is 16.5 Å². The predicted molar refractivity (Wildman–Crippen MR) is 95.8 cm³/mol. The van der Waals surface area contributed by atoms with Crippen LogP contribution in [0.15, 0.2) is 41.2 Å². The highest BCUT2D eigenvalue weighted by Gasteiger charge is 2.28. The number of phenolic OH excluding ortho intramolecular Hbond substituents is 1. The number of tetrazole rings is 1. The number of rotatable bonds is 5. The molecule has 1 heterocycles. The van der Waals surface area contributed by atoms with E-state index in [9.17, 15) is 9.90 Å². The van der Waals surface area contributed by atoms with Crippen molar-refractivity contribution >= 4 is 0 Å². The molecule has 26 heavy (non-hydrogen) atoms. The molecule has 4 rings (SSSR count). The third-order valence-corrected chi connectivity index (χ3v) is 4.69. The number of hydrogen-bond donors (Lipinski definition) is 1. The van der Waals surface area contributed by atoms with Gasteiger partial charge in [0, 0.05) is 12.6 Å². The van der Waals surface area contributed by atoms with E-state index in [1.807, 2.05) is 19.1 Å². The first-order valence-electron chi connectivity index (χ1n) is 8.58. The van der Waals surface area contributed by atoms with Crippen LogP contribution in [-0.4, -0.2) is 24.9 Å². The Kier molecular flexibility index (Phi) is 3.99. The lowest BCUT2D eigenvalue weighted by Crippen LogP contribution is -2.23. The SMILES string of the molecule is Cc1cc(O)ccc1OCc1c(C2CC2)cccc1-n1nnn(C)c1=O. The summed E-state index contributed by atoms with van der Waals surface area (Å²) in [6, 6.07) is 10.9. The normalized spacial score (nSPS) is 13.8. The maximum absolute atomic E-state index is 12.3. The first-order valence-corrected chi connectivity index (χ1v) is 8.58. The van der Waals surface area contributed by atoms with E-state index < -0.39 is 0 Å². The van der Waals surface area contributed by atoms with Crippen LogP contribution < -0.4 is 10.4 Å². The molecule has 7 heteroatoms. The van der Waals surface area contributed by atoms with Crippen LogP contribution in [0.4, 0.5) is 0 Å². The highest BCUT2D eigenvalue weighted by atomic mass is 16.5. The largest absolute Gasteiger partial charge is 0.508 e. The molecule has 1 fully saturated rings. The van der Waals surface area contributed by atoms with Gasteiger partial charge in [0.05, 0.1) is 5.69 Å². The van der Waals surface area contributed by atoms with Crippen LogP contribution in [0, 0.1) is 6.92 Å². The molecule has 0 radical (unpaired) electrons. The van der Waals surface area contributed by atoms with Gasteiger partial charge >= 0.3 is 5.69 Å². The summed E-state index contributed by atoms with van der Waals surface area (Å²) in [7, 11) is 1.58. The zero-order valence-corrected chi connectivity index (χ0v) is 14.7. The second kappa shape index (κ2) is 6.33. The third kappa shape index (κ3) is 2.96. The van der Waals surface area contributed by atoms with Gasteiger partial charge in [0.15, 0.2) is 0 Å². The summed E-state index contributed by atoms with van der Waals surface area (Å²) in [6.45, 7) is 2.20. The van der Waals surface area contributed by atoms with Crippen LogP contribution in [0.25, 0.3) is 5.69 Å². The van der Waals surface area contributed by atoms with Crippen molar-refractivity contribution < 1.29 is 9.84 Å². The Morgan fingerprint density at radius 3 is 2.69 bits per heavy atom. The molecule has 7 nitrogen and oxygen atoms in total. The molecule has 0 aliphatic heterocycles. The van der Waals surface area contributed by atoms with Crippen LogP contribution in [0.1, 0.15) is 35.4 Å². The van der Waals surface area contributed by atoms with Gasteiger partial charge in [0.25, 0.3) is 0 Å². The fraction of sp³-hybridized carbons (Fsp3) is 0.316. The Morgan fingerprint density at radius 2 is 2.04 bits per heavy atom. The molecule has 0 bridgehead atoms. The standard InChI is InChI=1S/C19H20N4O3/c1-12-10-14(24)8-9-18(12)26-11-16-15(13-6-7-13)4-3-5-17(16)23-19(25)22(2)20-21-23/h3-5,8-10,13,24H,6-7,11H2,1-2H3. The van der Waals surface area contributed by atoms with Gasteiger partial charge in [-0.05, 0) is 71.5 Å². The maximum Gasteiger partial charge on any atom is 0.368 e. The maximum atomic E-state index is 12.3. The zero-order chi connectivity index (χ0) is 18.3. The van der Waals surface area contributed by atoms with Crippen molar-refractivity contribution in [3.05, 3.63) is 63.6 Å². The Bertz CT molecular complexity index is 1020. The highest BCUT2D eigenvalue weighted by molar-refractivity contribution is 5.48. The number of aromatic nitrogens is 4. The minimum atomic E-state index is -0.292. The molecule has 0 spiro atoms. The molecular formula is C19H20N4O3. The summed E-state index contributed by atoms with van der Waals surface area (Å²) in [5.74, 6) is 1.41. The first-order chi connectivity index (χ1) is 12.5. The van der Waals surface area contributed by atoms with Crippen molar-refractivity contribution in [2.45, 2.75) is 32.3 Å². The number of nitrogens with zero attached hydrogens (tertiary/aromatic N) is 4. The first kappa shape index (κ1) is 16.4. The third-order valence-electron chi connectivity index (χ3n) is 4.69. The van der Waals surface area contributed by atoms with Gasteiger partial charge in [-0.2, -0.15) is 9.36 Å². The van der Waals surface area contributed by atoms with Gasteiger partial charge in [-0.1, -0.05) is 12.1 Å². The predicted octanol–water partition coefficient (Wildman–Crippen LogP) is 2.44. The van der Waals surface area contributed by atoms with Crippen LogP contribution in [-0.2, 0) is 13.7 Å². The van der Waals surface area contributed by atoms with Crippen molar-refractivity contribution in [1.82, 2.24) is 19.8 Å². The topological polar surface area (TPSA) is 82.2 Å². The molecule has 1 N–H and O–H groups in total. The quantitative estimate of drug-likeness (QED) is 0.763. The molecule has 0 unspecified atom stereocenters. The van der Waals surface area contributed by atoms with Gasteiger partial charge in [0.1, 0.15) is 18.1 Å². The molecule has 1 aromatic heterocycles. The van der Waals surface area contributed by atoms with E-state index >= 15 is 0 Å². The van der Waals surface area contributed by atoms with Crippen molar-refractivity contribution in [3.8, 4) is 17.2 Å². The molecule has 0 saturated heterocycles. The minimum Gasteiger partial charge on any atom is -0.508 e. The lowest BCUT2D eigenvalue weighted by Gasteiger charge is -2.16. The average Bonchev–Trinajstić information content (AvgIpc) is 3.41. The second-order valence-corrected chi connectivity index (χ2v) is 6.65. The van der Waals surface area contributed by atoms with Crippen molar-refractivity contribution in [2.75, 3.05) is 0 Å². The van der Waals surface area contributed by atoms with E-state index in [1.54, 1.807) is 25.2 Å².